The van der Waals surface area contributed by atoms with E-state index in [1.54, 1.807) is 10.4 Å². The first kappa shape index (κ1) is 11.6. The third-order valence-electron chi connectivity index (χ3n) is 5.29. The van der Waals surface area contributed by atoms with E-state index in [0.717, 1.165) is 17.8 Å². The number of benzene rings is 1. The van der Waals surface area contributed by atoms with E-state index in [0.29, 0.717) is 6.04 Å². The number of fused-ring (bicyclic) bond motifs is 3. The lowest BCUT2D eigenvalue weighted by Crippen LogP contribution is -2.47. The van der Waals surface area contributed by atoms with E-state index in [1.807, 2.05) is 11.3 Å². The van der Waals surface area contributed by atoms with E-state index in [1.165, 1.54) is 23.1 Å². The van der Waals surface area contributed by atoms with Gasteiger partial charge in [-0.2, -0.15) is 0 Å². The zero-order valence-electron chi connectivity index (χ0n) is 11.1. The third-order valence-corrected chi connectivity index (χ3v) is 7.00. The molecular formula is C17H15NS2. The van der Waals surface area contributed by atoms with Gasteiger partial charge in [0.15, 0.2) is 0 Å². The van der Waals surface area contributed by atoms with Crippen LogP contribution in [0.25, 0.3) is 10.1 Å². The van der Waals surface area contributed by atoms with Crippen LogP contribution in [0.4, 0.5) is 0 Å². The molecule has 3 atom stereocenters. The SMILES string of the molecule is S=C1C=C[C@]23CCN(Cc4c2sc2ccccc42)[C@H]3C1. The van der Waals surface area contributed by atoms with Crippen molar-refractivity contribution in [3.63, 3.8) is 0 Å². The maximum Gasteiger partial charge on any atom is 0.0404 e. The predicted molar refractivity (Wildman–Crippen MR) is 88.7 cm³/mol. The Morgan fingerprint density at radius 2 is 2.20 bits per heavy atom. The number of rotatable bonds is 0. The van der Waals surface area contributed by atoms with Gasteiger partial charge in [-0.1, -0.05) is 42.6 Å². The minimum atomic E-state index is 0.250. The van der Waals surface area contributed by atoms with Gasteiger partial charge in [0.2, 0.25) is 0 Å². The smallest absolute Gasteiger partial charge is 0.0404 e. The summed E-state index contributed by atoms with van der Waals surface area (Å²) in [5.41, 5.74) is 1.83. The van der Waals surface area contributed by atoms with Gasteiger partial charge in [-0.3, -0.25) is 4.90 Å². The minimum absolute atomic E-state index is 0.250. The predicted octanol–water partition coefficient (Wildman–Crippen LogP) is 4.06. The molecule has 1 aromatic carbocycles. The molecule has 1 fully saturated rings. The Morgan fingerprint density at radius 1 is 1.30 bits per heavy atom. The molecular weight excluding hydrogens is 282 g/mol. The van der Waals surface area contributed by atoms with Gasteiger partial charge in [0.1, 0.15) is 0 Å². The van der Waals surface area contributed by atoms with Gasteiger partial charge < -0.3 is 0 Å². The molecule has 1 unspecified atom stereocenters. The van der Waals surface area contributed by atoms with Crippen LogP contribution in [0, 0.1) is 0 Å². The Hall–Kier alpha value is -1.03. The molecule has 2 aliphatic heterocycles. The van der Waals surface area contributed by atoms with Gasteiger partial charge >= 0.3 is 0 Å². The second kappa shape index (κ2) is 3.79. The number of thiocarbonyl (C=S) groups is 1. The first-order valence-corrected chi connectivity index (χ1v) is 8.47. The molecule has 0 saturated carbocycles. The van der Waals surface area contributed by atoms with Gasteiger partial charge in [-0.05, 0) is 29.9 Å². The Balaban J connectivity index is 1.84. The summed E-state index contributed by atoms with van der Waals surface area (Å²) >= 11 is 7.47. The average Bonchev–Trinajstić information content (AvgIpc) is 2.97. The van der Waals surface area contributed by atoms with Gasteiger partial charge in [0.25, 0.3) is 0 Å². The van der Waals surface area contributed by atoms with Crippen molar-refractivity contribution in [3.05, 3.63) is 46.9 Å². The summed E-state index contributed by atoms with van der Waals surface area (Å²) in [5, 5.41) is 1.47. The number of nitrogens with zero attached hydrogens (tertiary/aromatic N) is 1. The van der Waals surface area contributed by atoms with Gasteiger partial charge in [0.05, 0.1) is 0 Å². The summed E-state index contributed by atoms with van der Waals surface area (Å²) in [6, 6.07) is 9.50. The molecule has 0 N–H and O–H groups in total. The van der Waals surface area contributed by atoms with Gasteiger partial charge in [-0.25, -0.2) is 0 Å². The summed E-state index contributed by atoms with van der Waals surface area (Å²) in [6.45, 7) is 2.33. The normalized spacial score (nSPS) is 34.3. The second-order valence-corrected chi connectivity index (χ2v) is 7.76. The van der Waals surface area contributed by atoms with Crippen molar-refractivity contribution in [2.45, 2.75) is 30.8 Å². The maximum absolute atomic E-state index is 5.46. The molecule has 100 valence electrons. The highest BCUT2D eigenvalue weighted by molar-refractivity contribution is 7.80. The van der Waals surface area contributed by atoms with E-state index in [-0.39, 0.29) is 5.41 Å². The summed E-state index contributed by atoms with van der Waals surface area (Å²) in [5.74, 6) is 0. The van der Waals surface area contributed by atoms with Crippen LogP contribution in [-0.2, 0) is 12.0 Å². The second-order valence-electron chi connectivity index (χ2n) is 6.19. The fraction of sp³-hybridized carbons (Fsp3) is 0.353. The lowest BCUT2D eigenvalue weighted by atomic mass is 9.71. The molecule has 0 amide bonds. The lowest BCUT2D eigenvalue weighted by Gasteiger charge is -2.42. The van der Waals surface area contributed by atoms with E-state index in [9.17, 15) is 0 Å². The zero-order valence-corrected chi connectivity index (χ0v) is 12.8. The van der Waals surface area contributed by atoms with E-state index in [2.05, 4.69) is 41.3 Å². The van der Waals surface area contributed by atoms with Crippen molar-refractivity contribution in [1.29, 1.82) is 0 Å². The highest BCUT2D eigenvalue weighted by Gasteiger charge is 2.53. The summed E-state index contributed by atoms with van der Waals surface area (Å²) in [6.07, 6.45) is 6.96. The molecule has 3 heterocycles. The molecule has 5 rings (SSSR count). The van der Waals surface area contributed by atoms with Crippen molar-refractivity contribution in [2.75, 3.05) is 6.54 Å². The Labute approximate surface area is 127 Å². The molecule has 2 aromatic rings. The fourth-order valence-corrected chi connectivity index (χ4v) is 6.03. The van der Waals surface area contributed by atoms with Crippen molar-refractivity contribution in [2.24, 2.45) is 0 Å². The number of allylic oxidation sites excluding steroid dienone is 1. The van der Waals surface area contributed by atoms with Crippen LogP contribution in [0.15, 0.2) is 36.4 Å². The topological polar surface area (TPSA) is 3.24 Å². The Morgan fingerprint density at radius 3 is 3.15 bits per heavy atom. The van der Waals surface area contributed by atoms with Crippen molar-refractivity contribution < 1.29 is 0 Å². The molecule has 3 heteroatoms. The van der Waals surface area contributed by atoms with Crippen LogP contribution in [0.3, 0.4) is 0 Å². The van der Waals surface area contributed by atoms with Crippen molar-refractivity contribution in [1.82, 2.24) is 4.90 Å². The van der Waals surface area contributed by atoms with E-state index < -0.39 is 0 Å². The lowest BCUT2D eigenvalue weighted by molar-refractivity contribution is 0.205. The largest absolute Gasteiger partial charge is 0.294 e. The van der Waals surface area contributed by atoms with Crippen LogP contribution in [-0.4, -0.2) is 22.4 Å². The van der Waals surface area contributed by atoms with Gasteiger partial charge in [0, 0.05) is 39.0 Å². The van der Waals surface area contributed by atoms with Crippen LogP contribution >= 0.6 is 23.6 Å². The summed E-state index contributed by atoms with van der Waals surface area (Å²) in [7, 11) is 0. The van der Waals surface area contributed by atoms with Crippen LogP contribution in [0.2, 0.25) is 0 Å². The summed E-state index contributed by atoms with van der Waals surface area (Å²) in [4.78, 5) is 5.41. The Kier molecular flexibility index (Phi) is 2.20. The third kappa shape index (κ3) is 1.29. The molecule has 0 radical (unpaired) electrons. The number of hydrogen-bond acceptors (Lipinski definition) is 3. The molecule has 20 heavy (non-hydrogen) atoms. The Bertz CT molecular complexity index is 772. The highest BCUT2D eigenvalue weighted by atomic mass is 32.1. The minimum Gasteiger partial charge on any atom is -0.294 e. The monoisotopic (exact) mass is 297 g/mol. The van der Waals surface area contributed by atoms with E-state index in [4.69, 9.17) is 12.2 Å². The molecule has 0 spiro atoms. The quantitative estimate of drug-likeness (QED) is 0.675. The zero-order chi connectivity index (χ0) is 13.3. The van der Waals surface area contributed by atoms with Crippen molar-refractivity contribution >= 4 is 38.5 Å². The molecule has 1 aliphatic carbocycles. The van der Waals surface area contributed by atoms with Crippen LogP contribution in [0.5, 0.6) is 0 Å². The van der Waals surface area contributed by atoms with Gasteiger partial charge in [-0.15, -0.1) is 11.3 Å². The first-order chi connectivity index (χ1) is 9.78. The number of hydrogen-bond donors (Lipinski definition) is 0. The molecule has 1 saturated heterocycles. The molecule has 3 aliphatic rings. The fourth-order valence-electron chi connectivity index (χ4n) is 4.35. The van der Waals surface area contributed by atoms with Crippen LogP contribution in [0.1, 0.15) is 23.3 Å². The maximum atomic E-state index is 5.46. The average molecular weight is 297 g/mol. The standard InChI is InChI=1S/C17H15NS2/c19-11-5-6-17-7-8-18(15(17)9-11)10-13-12-3-1-2-4-14(12)20-16(13)17/h1-6,15H,7-10H2/t15-,17+/m0/s1. The number of thiophene rings is 1. The van der Waals surface area contributed by atoms with Crippen molar-refractivity contribution in [3.8, 4) is 0 Å². The highest BCUT2D eigenvalue weighted by Crippen LogP contribution is 2.54. The first-order valence-electron chi connectivity index (χ1n) is 7.25. The molecule has 1 nitrogen and oxygen atoms in total. The molecule has 1 aromatic heterocycles. The summed E-state index contributed by atoms with van der Waals surface area (Å²) < 4.78 is 1.45. The van der Waals surface area contributed by atoms with Crippen LogP contribution < -0.4 is 0 Å². The molecule has 2 bridgehead atoms. The van der Waals surface area contributed by atoms with E-state index >= 15 is 0 Å².